The second-order valence-electron chi connectivity index (χ2n) is 5.42. The van der Waals surface area contributed by atoms with Crippen LogP contribution in [0.25, 0.3) is 0 Å². The molecule has 4 heteroatoms. The number of piperazine rings is 1. The first-order chi connectivity index (χ1) is 9.61. The number of halogens is 1. The zero-order valence-electron chi connectivity index (χ0n) is 12.3. The van der Waals surface area contributed by atoms with Crippen LogP contribution >= 0.6 is 11.6 Å². The molecule has 0 radical (unpaired) electrons. The predicted octanol–water partition coefficient (Wildman–Crippen LogP) is 2.94. The molecule has 3 nitrogen and oxygen atoms in total. The second kappa shape index (κ2) is 7.21. The molecule has 110 valence electrons. The van der Waals surface area contributed by atoms with Gasteiger partial charge < -0.3 is 4.90 Å². The van der Waals surface area contributed by atoms with Crippen LogP contribution in [-0.2, 0) is 0 Å². The van der Waals surface area contributed by atoms with Gasteiger partial charge in [-0.05, 0) is 44.2 Å². The van der Waals surface area contributed by atoms with Gasteiger partial charge in [0.2, 0.25) is 0 Å². The SMILES string of the molecule is CCCN1CCN(C(C)C(=O)c2ccc(Cl)cc2)CC1. The van der Waals surface area contributed by atoms with Gasteiger partial charge in [0.1, 0.15) is 0 Å². The molecule has 1 atom stereocenters. The first-order valence-corrected chi connectivity index (χ1v) is 7.75. The molecule has 1 aromatic rings. The summed E-state index contributed by atoms with van der Waals surface area (Å²) in [5.74, 6) is 0.186. The Morgan fingerprint density at radius 3 is 2.35 bits per heavy atom. The van der Waals surface area contributed by atoms with Crippen LogP contribution in [-0.4, -0.2) is 54.3 Å². The molecule has 1 aliphatic rings. The van der Waals surface area contributed by atoms with E-state index in [1.807, 2.05) is 19.1 Å². The number of benzene rings is 1. The lowest BCUT2D eigenvalue weighted by atomic mass is 10.0. The largest absolute Gasteiger partial charge is 0.301 e. The molecular weight excluding hydrogens is 272 g/mol. The fraction of sp³-hybridized carbons (Fsp3) is 0.562. The van der Waals surface area contributed by atoms with Crippen molar-refractivity contribution in [3.8, 4) is 0 Å². The van der Waals surface area contributed by atoms with Gasteiger partial charge in [0.15, 0.2) is 5.78 Å². The molecule has 1 aliphatic heterocycles. The lowest BCUT2D eigenvalue weighted by Crippen LogP contribution is -2.51. The van der Waals surface area contributed by atoms with Gasteiger partial charge in [-0.25, -0.2) is 0 Å². The zero-order valence-corrected chi connectivity index (χ0v) is 13.1. The number of nitrogens with zero attached hydrogens (tertiary/aromatic N) is 2. The average Bonchev–Trinajstić information content (AvgIpc) is 2.48. The fourth-order valence-electron chi connectivity index (χ4n) is 2.71. The maximum absolute atomic E-state index is 12.5. The Labute approximate surface area is 126 Å². The third-order valence-electron chi connectivity index (χ3n) is 4.00. The van der Waals surface area contributed by atoms with Crippen LogP contribution in [0.4, 0.5) is 0 Å². The predicted molar refractivity (Wildman–Crippen MR) is 83.5 cm³/mol. The number of carbonyl (C=O) groups is 1. The highest BCUT2D eigenvalue weighted by Crippen LogP contribution is 2.15. The van der Waals surface area contributed by atoms with Crippen molar-refractivity contribution in [1.29, 1.82) is 0 Å². The summed E-state index contributed by atoms with van der Waals surface area (Å²) in [6.07, 6.45) is 1.19. The van der Waals surface area contributed by atoms with Crippen molar-refractivity contribution < 1.29 is 4.79 Å². The van der Waals surface area contributed by atoms with Crippen LogP contribution in [0.5, 0.6) is 0 Å². The first kappa shape index (κ1) is 15.5. The molecule has 1 saturated heterocycles. The molecule has 1 aromatic carbocycles. The Balaban J connectivity index is 1.93. The molecule has 0 spiro atoms. The normalized spacial score (nSPS) is 18.9. The summed E-state index contributed by atoms with van der Waals surface area (Å²) in [7, 11) is 0. The summed E-state index contributed by atoms with van der Waals surface area (Å²) in [5.41, 5.74) is 0.748. The smallest absolute Gasteiger partial charge is 0.179 e. The van der Waals surface area contributed by atoms with Gasteiger partial charge in [-0.15, -0.1) is 0 Å². The van der Waals surface area contributed by atoms with E-state index in [1.54, 1.807) is 12.1 Å². The Bertz CT molecular complexity index is 438. The quantitative estimate of drug-likeness (QED) is 0.780. The van der Waals surface area contributed by atoms with Crippen LogP contribution in [0.15, 0.2) is 24.3 Å². The number of rotatable bonds is 5. The van der Waals surface area contributed by atoms with Gasteiger partial charge in [0, 0.05) is 36.8 Å². The highest BCUT2D eigenvalue weighted by molar-refractivity contribution is 6.30. The molecule has 0 aromatic heterocycles. The fourth-order valence-corrected chi connectivity index (χ4v) is 2.84. The molecule has 0 aliphatic carbocycles. The summed E-state index contributed by atoms with van der Waals surface area (Å²) in [4.78, 5) is 17.2. The number of hydrogen-bond donors (Lipinski definition) is 0. The number of Topliss-reactive ketones (excluding diaryl/α,β-unsaturated/α-hetero) is 1. The molecule has 2 rings (SSSR count). The van der Waals surface area contributed by atoms with Crippen LogP contribution < -0.4 is 0 Å². The second-order valence-corrected chi connectivity index (χ2v) is 5.86. The third-order valence-corrected chi connectivity index (χ3v) is 4.25. The first-order valence-electron chi connectivity index (χ1n) is 7.38. The van der Waals surface area contributed by atoms with Crippen LogP contribution in [0.2, 0.25) is 5.02 Å². The monoisotopic (exact) mass is 294 g/mol. The van der Waals surface area contributed by atoms with Crippen molar-refractivity contribution in [1.82, 2.24) is 9.80 Å². The maximum atomic E-state index is 12.5. The standard InChI is InChI=1S/C16H23ClN2O/c1-3-8-18-9-11-19(12-10-18)13(2)16(20)14-4-6-15(17)7-5-14/h4-7,13H,3,8-12H2,1-2H3. The lowest BCUT2D eigenvalue weighted by Gasteiger charge is -2.37. The average molecular weight is 295 g/mol. The van der Waals surface area contributed by atoms with E-state index in [9.17, 15) is 4.79 Å². The highest BCUT2D eigenvalue weighted by Gasteiger charge is 2.25. The van der Waals surface area contributed by atoms with Crippen molar-refractivity contribution in [2.75, 3.05) is 32.7 Å². The van der Waals surface area contributed by atoms with E-state index in [0.29, 0.717) is 5.02 Å². The minimum atomic E-state index is -0.0556. The molecule has 1 unspecified atom stereocenters. The van der Waals surface area contributed by atoms with Crippen molar-refractivity contribution in [2.45, 2.75) is 26.3 Å². The summed E-state index contributed by atoms with van der Waals surface area (Å²) >= 11 is 5.86. The lowest BCUT2D eigenvalue weighted by molar-refractivity contribution is 0.0701. The van der Waals surface area contributed by atoms with Gasteiger partial charge in [0.25, 0.3) is 0 Å². The van der Waals surface area contributed by atoms with E-state index in [2.05, 4.69) is 16.7 Å². The van der Waals surface area contributed by atoms with Gasteiger partial charge in [-0.1, -0.05) is 18.5 Å². The summed E-state index contributed by atoms with van der Waals surface area (Å²) in [6.45, 7) is 9.44. The minimum absolute atomic E-state index is 0.0556. The van der Waals surface area contributed by atoms with E-state index in [4.69, 9.17) is 11.6 Å². The van der Waals surface area contributed by atoms with E-state index in [1.165, 1.54) is 6.42 Å². The molecule has 1 heterocycles. The van der Waals surface area contributed by atoms with E-state index < -0.39 is 0 Å². The summed E-state index contributed by atoms with van der Waals surface area (Å²) < 4.78 is 0. The van der Waals surface area contributed by atoms with E-state index in [-0.39, 0.29) is 11.8 Å². The molecule has 0 saturated carbocycles. The number of carbonyl (C=O) groups excluding carboxylic acids is 1. The molecule has 0 N–H and O–H groups in total. The third kappa shape index (κ3) is 3.81. The van der Waals surface area contributed by atoms with Crippen LogP contribution in [0.3, 0.4) is 0 Å². The maximum Gasteiger partial charge on any atom is 0.179 e. The number of ketones is 1. The van der Waals surface area contributed by atoms with Crippen molar-refractivity contribution in [2.24, 2.45) is 0 Å². The van der Waals surface area contributed by atoms with Gasteiger partial charge in [-0.2, -0.15) is 0 Å². The van der Waals surface area contributed by atoms with E-state index in [0.717, 1.165) is 38.3 Å². The van der Waals surface area contributed by atoms with Crippen molar-refractivity contribution >= 4 is 17.4 Å². The molecule has 0 amide bonds. The van der Waals surface area contributed by atoms with Crippen LogP contribution in [0.1, 0.15) is 30.6 Å². The van der Waals surface area contributed by atoms with E-state index >= 15 is 0 Å². The summed E-state index contributed by atoms with van der Waals surface area (Å²) in [5, 5.41) is 0.669. The highest BCUT2D eigenvalue weighted by atomic mass is 35.5. The summed E-state index contributed by atoms with van der Waals surface area (Å²) in [6, 6.07) is 7.13. The molecule has 20 heavy (non-hydrogen) atoms. The Hall–Kier alpha value is -0.900. The minimum Gasteiger partial charge on any atom is -0.301 e. The van der Waals surface area contributed by atoms with Gasteiger partial charge in [0.05, 0.1) is 6.04 Å². The Kier molecular flexibility index (Phi) is 5.58. The van der Waals surface area contributed by atoms with Crippen molar-refractivity contribution in [3.63, 3.8) is 0 Å². The van der Waals surface area contributed by atoms with Gasteiger partial charge >= 0.3 is 0 Å². The Morgan fingerprint density at radius 1 is 1.20 bits per heavy atom. The topological polar surface area (TPSA) is 23.6 Å². The Morgan fingerprint density at radius 2 is 1.80 bits per heavy atom. The van der Waals surface area contributed by atoms with Crippen molar-refractivity contribution in [3.05, 3.63) is 34.9 Å². The zero-order chi connectivity index (χ0) is 14.5. The molecule has 0 bridgehead atoms. The molecular formula is C16H23ClN2O. The number of hydrogen-bond acceptors (Lipinski definition) is 3. The molecule has 1 fully saturated rings. The van der Waals surface area contributed by atoms with Gasteiger partial charge in [-0.3, -0.25) is 9.69 Å². The van der Waals surface area contributed by atoms with Crippen LogP contribution in [0, 0.1) is 0 Å².